The summed E-state index contributed by atoms with van der Waals surface area (Å²) >= 11 is 0. The molecule has 0 saturated heterocycles. The van der Waals surface area contributed by atoms with E-state index in [0.717, 1.165) is 25.7 Å². The van der Waals surface area contributed by atoms with Crippen molar-refractivity contribution in [2.75, 3.05) is 0 Å². The zero-order valence-electron chi connectivity index (χ0n) is 18.0. The lowest BCUT2D eigenvalue weighted by atomic mass is 9.44. The molecule has 8 atom stereocenters. The topological polar surface area (TPSA) is 46.5 Å². The molecule has 1 aromatic carbocycles. The van der Waals surface area contributed by atoms with Crippen LogP contribution in [0.5, 0.6) is 0 Å². The normalized spacial score (nSPS) is 46.3. The van der Waals surface area contributed by atoms with Crippen LogP contribution in [-0.4, -0.2) is 23.3 Å². The first-order chi connectivity index (χ1) is 13.9. The number of aliphatic hydroxyl groups excluding tert-OH is 1. The van der Waals surface area contributed by atoms with Gasteiger partial charge in [-0.3, -0.25) is 0 Å². The molecule has 29 heavy (non-hydrogen) atoms. The second-order valence-corrected chi connectivity index (χ2v) is 11.1. The maximum absolute atomic E-state index is 13.0. The van der Waals surface area contributed by atoms with E-state index in [2.05, 4.69) is 13.8 Å². The highest BCUT2D eigenvalue weighted by Gasteiger charge is 2.61. The number of fused-ring (bicyclic) bond motifs is 5. The number of hydrogen-bond acceptors (Lipinski definition) is 3. The van der Waals surface area contributed by atoms with Crippen LogP contribution in [0.2, 0.25) is 0 Å². The summed E-state index contributed by atoms with van der Waals surface area (Å²) < 4.78 is 6.31. The van der Waals surface area contributed by atoms with Gasteiger partial charge in [0.25, 0.3) is 0 Å². The first kappa shape index (κ1) is 19.6. The Morgan fingerprint density at radius 1 is 1.00 bits per heavy atom. The molecule has 158 valence electrons. The van der Waals surface area contributed by atoms with Gasteiger partial charge >= 0.3 is 5.97 Å². The minimum absolute atomic E-state index is 0.00111. The van der Waals surface area contributed by atoms with E-state index in [9.17, 15) is 9.90 Å². The molecule has 3 nitrogen and oxygen atoms in total. The van der Waals surface area contributed by atoms with E-state index in [1.165, 1.54) is 32.1 Å². The van der Waals surface area contributed by atoms with Gasteiger partial charge in [-0.05, 0) is 92.1 Å². The fourth-order valence-corrected chi connectivity index (χ4v) is 8.07. The molecule has 4 aliphatic rings. The standard InChI is InChI=1S/C26H36O3/c1-25-12-6-9-20(25)23-21(11-13-25)26(2)14-10-19(27)15-18(26)16-22(23)29-24(28)17-7-4-3-5-8-17/h3-5,7-8,18-23,27H,6,9-16H2,1-2H3/t18-,19+,20+,21+,22-,23+,25+,26+/m1/s1. The van der Waals surface area contributed by atoms with Crippen molar-refractivity contribution in [2.24, 2.45) is 34.5 Å². The molecular weight excluding hydrogens is 360 g/mol. The summed E-state index contributed by atoms with van der Waals surface area (Å²) in [6, 6.07) is 9.47. The maximum atomic E-state index is 13.0. The van der Waals surface area contributed by atoms with Crippen molar-refractivity contribution in [3.63, 3.8) is 0 Å². The van der Waals surface area contributed by atoms with Gasteiger partial charge in [-0.2, -0.15) is 0 Å². The van der Waals surface area contributed by atoms with Crippen LogP contribution in [0.4, 0.5) is 0 Å². The Labute approximate surface area is 175 Å². The first-order valence-corrected chi connectivity index (χ1v) is 11.8. The summed E-state index contributed by atoms with van der Waals surface area (Å²) in [7, 11) is 0. The largest absolute Gasteiger partial charge is 0.458 e. The molecule has 4 saturated carbocycles. The van der Waals surface area contributed by atoms with Crippen molar-refractivity contribution in [1.29, 1.82) is 0 Å². The number of carbonyl (C=O) groups excluding carboxylic acids is 1. The van der Waals surface area contributed by atoms with Gasteiger partial charge in [0.05, 0.1) is 11.7 Å². The molecule has 3 heteroatoms. The summed E-state index contributed by atoms with van der Waals surface area (Å²) in [4.78, 5) is 13.0. The second kappa shape index (κ2) is 7.11. The summed E-state index contributed by atoms with van der Waals surface area (Å²) in [6.07, 6.45) is 10.2. The Kier molecular flexibility index (Phi) is 4.81. The molecule has 0 unspecified atom stereocenters. The van der Waals surface area contributed by atoms with Gasteiger partial charge in [0.2, 0.25) is 0 Å². The highest BCUT2D eigenvalue weighted by atomic mass is 16.5. The quantitative estimate of drug-likeness (QED) is 0.660. The third-order valence-electron chi connectivity index (χ3n) is 9.68. The predicted molar refractivity (Wildman–Crippen MR) is 113 cm³/mol. The lowest BCUT2D eigenvalue weighted by Gasteiger charge is -2.62. The molecule has 4 aliphatic carbocycles. The van der Waals surface area contributed by atoms with Crippen molar-refractivity contribution in [3.8, 4) is 0 Å². The van der Waals surface area contributed by atoms with Gasteiger partial charge in [-0.25, -0.2) is 4.79 Å². The average Bonchev–Trinajstić information content (AvgIpc) is 3.11. The van der Waals surface area contributed by atoms with E-state index in [1.807, 2.05) is 30.3 Å². The average molecular weight is 397 g/mol. The smallest absolute Gasteiger partial charge is 0.338 e. The third-order valence-corrected chi connectivity index (χ3v) is 9.68. The zero-order valence-corrected chi connectivity index (χ0v) is 18.0. The van der Waals surface area contributed by atoms with Crippen molar-refractivity contribution in [3.05, 3.63) is 35.9 Å². The minimum Gasteiger partial charge on any atom is -0.458 e. The molecule has 5 rings (SSSR count). The molecule has 1 aromatic rings. The molecule has 0 aromatic heterocycles. The molecule has 0 heterocycles. The van der Waals surface area contributed by atoms with Crippen molar-refractivity contribution < 1.29 is 14.6 Å². The Morgan fingerprint density at radius 2 is 1.79 bits per heavy atom. The number of carbonyl (C=O) groups is 1. The van der Waals surface area contributed by atoms with Gasteiger partial charge in [0, 0.05) is 5.92 Å². The Bertz CT molecular complexity index is 760. The van der Waals surface area contributed by atoms with Crippen LogP contribution in [0.15, 0.2) is 30.3 Å². The summed E-state index contributed by atoms with van der Waals surface area (Å²) in [5.41, 5.74) is 1.38. The second-order valence-electron chi connectivity index (χ2n) is 11.1. The van der Waals surface area contributed by atoms with Crippen molar-refractivity contribution in [2.45, 2.75) is 83.8 Å². The van der Waals surface area contributed by atoms with E-state index < -0.39 is 0 Å². The summed E-state index contributed by atoms with van der Waals surface area (Å²) in [6.45, 7) is 4.99. The lowest BCUT2D eigenvalue weighted by molar-refractivity contribution is -0.169. The number of esters is 1. The van der Waals surface area contributed by atoms with E-state index in [4.69, 9.17) is 4.74 Å². The molecule has 0 radical (unpaired) electrons. The zero-order chi connectivity index (χ0) is 20.2. The molecule has 0 spiro atoms. The number of hydrogen-bond donors (Lipinski definition) is 1. The van der Waals surface area contributed by atoms with Crippen molar-refractivity contribution in [1.82, 2.24) is 0 Å². The van der Waals surface area contributed by atoms with Crippen LogP contribution < -0.4 is 0 Å². The minimum atomic E-state index is -0.185. The van der Waals surface area contributed by atoms with Crippen LogP contribution in [0, 0.1) is 34.5 Å². The fraction of sp³-hybridized carbons (Fsp3) is 0.731. The number of aliphatic hydroxyl groups is 1. The van der Waals surface area contributed by atoms with E-state index in [0.29, 0.717) is 40.1 Å². The molecule has 4 fully saturated rings. The number of rotatable bonds is 2. The third kappa shape index (κ3) is 3.15. The van der Waals surface area contributed by atoms with Crippen LogP contribution in [0.3, 0.4) is 0 Å². The highest BCUT2D eigenvalue weighted by molar-refractivity contribution is 5.89. The van der Waals surface area contributed by atoms with Gasteiger partial charge in [-0.15, -0.1) is 0 Å². The Balaban J connectivity index is 1.48. The van der Waals surface area contributed by atoms with Gasteiger partial charge in [-0.1, -0.05) is 38.5 Å². The summed E-state index contributed by atoms with van der Waals surface area (Å²) in [5, 5.41) is 10.4. The van der Waals surface area contributed by atoms with Crippen molar-refractivity contribution >= 4 is 5.97 Å². The maximum Gasteiger partial charge on any atom is 0.338 e. The monoisotopic (exact) mass is 396 g/mol. The van der Waals surface area contributed by atoms with Crippen LogP contribution in [-0.2, 0) is 4.74 Å². The van der Waals surface area contributed by atoms with Gasteiger partial charge < -0.3 is 9.84 Å². The van der Waals surface area contributed by atoms with Crippen LogP contribution in [0.25, 0.3) is 0 Å². The molecule has 0 amide bonds. The molecule has 0 aliphatic heterocycles. The van der Waals surface area contributed by atoms with E-state index in [1.54, 1.807) is 0 Å². The predicted octanol–water partition coefficient (Wildman–Crippen LogP) is 5.62. The molecular formula is C26H36O3. The van der Waals surface area contributed by atoms with E-state index in [-0.39, 0.29) is 18.2 Å². The SMILES string of the molecule is C[C@@]12CCC[C@H]1[C@@H]1[C@H](OC(=O)c3ccccc3)C[C@H]3C[C@@H](O)CC[C@]3(C)[C@H]1CC2. The number of benzene rings is 1. The van der Waals surface area contributed by atoms with E-state index >= 15 is 0 Å². The Morgan fingerprint density at radius 3 is 2.59 bits per heavy atom. The van der Waals surface area contributed by atoms with Gasteiger partial charge in [0.15, 0.2) is 0 Å². The number of ether oxygens (including phenoxy) is 1. The Hall–Kier alpha value is -1.35. The van der Waals surface area contributed by atoms with Crippen LogP contribution in [0.1, 0.15) is 82.0 Å². The lowest BCUT2D eigenvalue weighted by Crippen LogP contribution is -2.58. The van der Waals surface area contributed by atoms with Crippen LogP contribution >= 0.6 is 0 Å². The first-order valence-electron chi connectivity index (χ1n) is 11.8. The summed E-state index contributed by atoms with van der Waals surface area (Å²) in [5.74, 6) is 2.09. The van der Waals surface area contributed by atoms with Gasteiger partial charge in [0.1, 0.15) is 6.10 Å². The molecule has 0 bridgehead atoms. The highest BCUT2D eigenvalue weighted by Crippen LogP contribution is 2.66. The fourth-order valence-electron chi connectivity index (χ4n) is 8.07. The molecule has 1 N–H and O–H groups in total.